The Hall–Kier alpha value is -1.36. The molecule has 0 unspecified atom stereocenters. The number of nitrogens with zero attached hydrogens (tertiary/aromatic N) is 3. The van der Waals surface area contributed by atoms with Crippen LogP contribution >= 0.6 is 0 Å². The van der Waals surface area contributed by atoms with E-state index in [0.29, 0.717) is 6.04 Å². The summed E-state index contributed by atoms with van der Waals surface area (Å²) in [7, 11) is 2.10. The third-order valence-corrected chi connectivity index (χ3v) is 2.89. The first-order valence-corrected chi connectivity index (χ1v) is 5.14. The normalized spacial score (nSPS) is 19.3. The zero-order chi connectivity index (χ0) is 10.8. The third kappa shape index (κ3) is 2.18. The number of piperidine rings is 1. The highest BCUT2D eigenvalue weighted by atomic mass is 16.4. The first-order valence-electron chi connectivity index (χ1n) is 5.14. The fourth-order valence-electron chi connectivity index (χ4n) is 1.91. The van der Waals surface area contributed by atoms with Gasteiger partial charge in [0.25, 0.3) is 0 Å². The Balaban J connectivity index is 2.06. The lowest BCUT2D eigenvalue weighted by Crippen LogP contribution is -2.31. The van der Waals surface area contributed by atoms with Crippen molar-refractivity contribution in [2.45, 2.75) is 18.9 Å². The molecular weight excluding hydrogens is 194 g/mol. The van der Waals surface area contributed by atoms with Gasteiger partial charge in [-0.3, -0.25) is 4.68 Å². The summed E-state index contributed by atoms with van der Waals surface area (Å²) in [6.07, 6.45) is 3.84. The smallest absolute Gasteiger partial charge is 0.356 e. The molecule has 2 rings (SSSR count). The molecule has 82 valence electrons. The van der Waals surface area contributed by atoms with Crippen LogP contribution in [0.15, 0.2) is 12.3 Å². The molecule has 15 heavy (non-hydrogen) atoms. The van der Waals surface area contributed by atoms with Crippen LogP contribution in [-0.2, 0) is 0 Å². The molecule has 5 nitrogen and oxygen atoms in total. The molecule has 1 aliphatic rings. The van der Waals surface area contributed by atoms with Gasteiger partial charge in [0.05, 0.1) is 6.04 Å². The van der Waals surface area contributed by atoms with Crippen molar-refractivity contribution in [3.05, 3.63) is 18.0 Å². The van der Waals surface area contributed by atoms with Crippen LogP contribution in [-0.4, -0.2) is 45.9 Å². The van der Waals surface area contributed by atoms with Crippen molar-refractivity contribution in [1.82, 2.24) is 14.7 Å². The predicted molar refractivity (Wildman–Crippen MR) is 55.0 cm³/mol. The van der Waals surface area contributed by atoms with Gasteiger partial charge in [-0.15, -0.1) is 0 Å². The highest BCUT2D eigenvalue weighted by Crippen LogP contribution is 2.20. The van der Waals surface area contributed by atoms with Crippen LogP contribution in [0, 0.1) is 0 Å². The van der Waals surface area contributed by atoms with Crippen LogP contribution in [0.2, 0.25) is 0 Å². The summed E-state index contributed by atoms with van der Waals surface area (Å²) in [6.45, 7) is 2.10. The van der Waals surface area contributed by atoms with E-state index in [-0.39, 0.29) is 5.69 Å². The SMILES string of the molecule is CN1CCC(n2ccc(C(=O)O)n2)CC1. The molecule has 0 saturated carbocycles. The lowest BCUT2D eigenvalue weighted by Gasteiger charge is -2.28. The summed E-state index contributed by atoms with van der Waals surface area (Å²) in [5, 5.41) is 12.8. The number of aromatic nitrogens is 2. The Morgan fingerprint density at radius 1 is 1.53 bits per heavy atom. The van der Waals surface area contributed by atoms with E-state index in [2.05, 4.69) is 17.0 Å². The van der Waals surface area contributed by atoms with Gasteiger partial charge in [0.2, 0.25) is 0 Å². The Bertz CT molecular complexity index is 353. The molecule has 1 aliphatic heterocycles. The topological polar surface area (TPSA) is 58.4 Å². The first-order chi connectivity index (χ1) is 7.16. The quantitative estimate of drug-likeness (QED) is 0.784. The summed E-state index contributed by atoms with van der Waals surface area (Å²) < 4.78 is 1.79. The number of likely N-dealkylation sites (tertiary alicyclic amines) is 1. The highest BCUT2D eigenvalue weighted by molar-refractivity contribution is 5.85. The van der Waals surface area contributed by atoms with Crippen LogP contribution in [0.25, 0.3) is 0 Å². The maximum absolute atomic E-state index is 10.7. The number of hydrogen-bond acceptors (Lipinski definition) is 3. The Morgan fingerprint density at radius 3 is 2.73 bits per heavy atom. The molecule has 1 aromatic heterocycles. The lowest BCUT2D eigenvalue weighted by molar-refractivity contribution is 0.0688. The van der Waals surface area contributed by atoms with Crippen LogP contribution in [0.5, 0.6) is 0 Å². The van der Waals surface area contributed by atoms with E-state index in [1.807, 2.05) is 0 Å². The van der Waals surface area contributed by atoms with E-state index in [1.54, 1.807) is 16.9 Å². The fourth-order valence-corrected chi connectivity index (χ4v) is 1.91. The van der Waals surface area contributed by atoms with Gasteiger partial charge in [0, 0.05) is 6.20 Å². The van der Waals surface area contributed by atoms with Gasteiger partial charge in [0.15, 0.2) is 5.69 Å². The number of aromatic carboxylic acids is 1. The molecule has 1 N–H and O–H groups in total. The Kier molecular flexibility index (Phi) is 2.73. The molecule has 0 aliphatic carbocycles. The van der Waals surface area contributed by atoms with E-state index in [4.69, 9.17) is 5.11 Å². The fraction of sp³-hybridized carbons (Fsp3) is 0.600. The van der Waals surface area contributed by atoms with Crippen LogP contribution in [0.3, 0.4) is 0 Å². The van der Waals surface area contributed by atoms with Gasteiger partial charge in [-0.1, -0.05) is 0 Å². The minimum Gasteiger partial charge on any atom is -0.476 e. The summed E-state index contributed by atoms with van der Waals surface area (Å²) >= 11 is 0. The average Bonchev–Trinajstić information content (AvgIpc) is 2.68. The number of carbonyl (C=O) groups is 1. The molecule has 5 heteroatoms. The molecule has 0 atom stereocenters. The maximum Gasteiger partial charge on any atom is 0.356 e. The van der Waals surface area contributed by atoms with Gasteiger partial charge in [-0.25, -0.2) is 4.79 Å². The average molecular weight is 209 g/mol. The summed E-state index contributed by atoms with van der Waals surface area (Å²) in [5.74, 6) is -0.957. The largest absolute Gasteiger partial charge is 0.476 e. The second kappa shape index (κ2) is 4.02. The van der Waals surface area contributed by atoms with Gasteiger partial charge >= 0.3 is 5.97 Å². The van der Waals surface area contributed by atoms with E-state index in [1.165, 1.54) is 0 Å². The Labute approximate surface area is 88.3 Å². The van der Waals surface area contributed by atoms with Crippen molar-refractivity contribution >= 4 is 5.97 Å². The minimum absolute atomic E-state index is 0.133. The molecule has 0 radical (unpaired) electrons. The van der Waals surface area contributed by atoms with Crippen LogP contribution in [0.4, 0.5) is 0 Å². The van der Waals surface area contributed by atoms with E-state index < -0.39 is 5.97 Å². The van der Waals surface area contributed by atoms with Gasteiger partial charge in [0.1, 0.15) is 0 Å². The summed E-state index contributed by atoms with van der Waals surface area (Å²) in [4.78, 5) is 12.9. The number of hydrogen-bond donors (Lipinski definition) is 1. The molecule has 2 heterocycles. The molecule has 0 amide bonds. The van der Waals surface area contributed by atoms with Crippen molar-refractivity contribution in [3.63, 3.8) is 0 Å². The summed E-state index contributed by atoms with van der Waals surface area (Å²) in [5.41, 5.74) is 0.133. The Morgan fingerprint density at radius 2 is 2.20 bits per heavy atom. The van der Waals surface area contributed by atoms with E-state index in [0.717, 1.165) is 25.9 Å². The van der Waals surface area contributed by atoms with E-state index in [9.17, 15) is 4.79 Å². The third-order valence-electron chi connectivity index (χ3n) is 2.89. The molecule has 0 spiro atoms. The van der Waals surface area contributed by atoms with Crippen molar-refractivity contribution < 1.29 is 9.90 Å². The second-order valence-corrected chi connectivity index (χ2v) is 4.02. The number of carboxylic acids is 1. The molecule has 1 fully saturated rings. The van der Waals surface area contributed by atoms with Crippen LogP contribution in [0.1, 0.15) is 29.4 Å². The monoisotopic (exact) mass is 209 g/mol. The predicted octanol–water partition coefficient (Wildman–Crippen LogP) is 0.848. The van der Waals surface area contributed by atoms with Gasteiger partial charge < -0.3 is 10.0 Å². The molecular formula is C10H15N3O2. The zero-order valence-electron chi connectivity index (χ0n) is 8.76. The molecule has 1 saturated heterocycles. The maximum atomic E-state index is 10.7. The zero-order valence-corrected chi connectivity index (χ0v) is 8.76. The van der Waals surface area contributed by atoms with Crippen molar-refractivity contribution in [2.75, 3.05) is 20.1 Å². The number of rotatable bonds is 2. The molecule has 1 aromatic rings. The van der Waals surface area contributed by atoms with E-state index >= 15 is 0 Å². The molecule has 0 aromatic carbocycles. The van der Waals surface area contributed by atoms with Crippen molar-refractivity contribution in [1.29, 1.82) is 0 Å². The van der Waals surface area contributed by atoms with Crippen molar-refractivity contribution in [3.8, 4) is 0 Å². The first kappa shape index (κ1) is 10.2. The second-order valence-electron chi connectivity index (χ2n) is 4.02. The van der Waals surface area contributed by atoms with Gasteiger partial charge in [-0.05, 0) is 39.0 Å². The highest BCUT2D eigenvalue weighted by Gasteiger charge is 2.19. The standard InChI is InChI=1S/C10H15N3O2/c1-12-5-2-8(3-6-12)13-7-4-9(11-13)10(14)15/h4,7-8H,2-3,5-6H2,1H3,(H,14,15). The molecule has 0 bridgehead atoms. The summed E-state index contributed by atoms with van der Waals surface area (Å²) in [6, 6.07) is 1.91. The van der Waals surface area contributed by atoms with Crippen molar-refractivity contribution in [2.24, 2.45) is 0 Å². The minimum atomic E-state index is -0.957. The van der Waals surface area contributed by atoms with Gasteiger partial charge in [-0.2, -0.15) is 5.10 Å². The van der Waals surface area contributed by atoms with Crippen LogP contribution < -0.4 is 0 Å². The number of carboxylic acid groups (broad SMARTS) is 1. The lowest BCUT2D eigenvalue weighted by atomic mass is 10.1.